The minimum Gasteiger partial charge on any atom is -0.457 e. The summed E-state index contributed by atoms with van der Waals surface area (Å²) in [4.78, 5) is 12.5. The number of benzene rings is 4. The van der Waals surface area contributed by atoms with Gasteiger partial charge in [-0.2, -0.15) is 0 Å². The summed E-state index contributed by atoms with van der Waals surface area (Å²) in [6.07, 6.45) is 0. The lowest BCUT2D eigenvalue weighted by molar-refractivity contribution is 0.103. The Hall–Kier alpha value is -3.84. The number of carbonyl (C=O) groups excluding carboxylic acids is 1. The van der Waals surface area contributed by atoms with E-state index in [0.29, 0.717) is 22.6 Å². The van der Waals surface area contributed by atoms with E-state index >= 15 is 0 Å². The molecule has 0 atom stereocenters. The molecule has 0 heterocycles. The Bertz CT molecular complexity index is 1350. The van der Waals surface area contributed by atoms with Crippen LogP contribution in [0.4, 0.5) is 8.78 Å². The van der Waals surface area contributed by atoms with Crippen LogP contribution in [-0.2, 0) is 9.84 Å². The highest BCUT2D eigenvalue weighted by molar-refractivity contribution is 7.91. The van der Waals surface area contributed by atoms with E-state index in [1.807, 2.05) is 0 Å². The van der Waals surface area contributed by atoms with Gasteiger partial charge in [0.25, 0.3) is 0 Å². The number of halogens is 2. The summed E-state index contributed by atoms with van der Waals surface area (Å²) in [5.41, 5.74) is 0.794. The lowest BCUT2D eigenvalue weighted by Gasteiger charge is -2.09. The normalized spacial score (nSPS) is 11.2. The van der Waals surface area contributed by atoms with Crippen LogP contribution < -0.4 is 4.74 Å². The van der Waals surface area contributed by atoms with Gasteiger partial charge in [-0.3, -0.25) is 4.79 Å². The first kappa shape index (κ1) is 21.4. The number of rotatable bonds is 6. The highest BCUT2D eigenvalue weighted by Gasteiger charge is 2.17. The lowest BCUT2D eigenvalue weighted by atomic mass is 10.0. The average molecular weight is 450 g/mol. The van der Waals surface area contributed by atoms with Gasteiger partial charge in [-0.15, -0.1) is 0 Å². The summed E-state index contributed by atoms with van der Waals surface area (Å²) in [5, 5.41) is 0. The number of sulfone groups is 1. The van der Waals surface area contributed by atoms with Crippen LogP contribution in [0, 0.1) is 11.6 Å². The molecule has 32 heavy (non-hydrogen) atoms. The zero-order chi connectivity index (χ0) is 22.7. The van der Waals surface area contributed by atoms with Gasteiger partial charge in [-0.05, 0) is 97.1 Å². The molecule has 0 saturated carbocycles. The second kappa shape index (κ2) is 8.72. The van der Waals surface area contributed by atoms with Crippen molar-refractivity contribution in [1.82, 2.24) is 0 Å². The summed E-state index contributed by atoms with van der Waals surface area (Å²) in [6.45, 7) is 0. The molecule has 0 aliphatic heterocycles. The van der Waals surface area contributed by atoms with E-state index in [-0.39, 0.29) is 15.6 Å². The molecule has 0 aromatic heterocycles. The Balaban J connectivity index is 1.47. The number of hydrogen-bond donors (Lipinski definition) is 0. The van der Waals surface area contributed by atoms with Crippen molar-refractivity contribution in [3.05, 3.63) is 120 Å². The smallest absolute Gasteiger partial charge is 0.206 e. The molecule has 0 bridgehead atoms. The van der Waals surface area contributed by atoms with Gasteiger partial charge in [0.15, 0.2) is 5.78 Å². The number of carbonyl (C=O) groups is 1. The molecule has 0 unspecified atom stereocenters. The van der Waals surface area contributed by atoms with Crippen LogP contribution in [0.5, 0.6) is 11.5 Å². The van der Waals surface area contributed by atoms with Crippen molar-refractivity contribution in [2.24, 2.45) is 0 Å². The first-order valence-electron chi connectivity index (χ1n) is 9.52. The van der Waals surface area contributed by atoms with E-state index in [4.69, 9.17) is 4.74 Å². The van der Waals surface area contributed by atoms with Crippen molar-refractivity contribution in [3.63, 3.8) is 0 Å². The molecule has 0 N–H and O–H groups in total. The van der Waals surface area contributed by atoms with E-state index in [2.05, 4.69) is 0 Å². The fraction of sp³-hybridized carbons (Fsp3) is 0. The maximum atomic E-state index is 13.1. The van der Waals surface area contributed by atoms with Crippen LogP contribution in [0.1, 0.15) is 15.9 Å². The Morgan fingerprint density at radius 3 is 1.38 bits per heavy atom. The third-order valence-electron chi connectivity index (χ3n) is 4.72. The van der Waals surface area contributed by atoms with Gasteiger partial charge in [-0.25, -0.2) is 17.2 Å². The quantitative estimate of drug-likeness (QED) is 0.274. The molecule has 0 amide bonds. The van der Waals surface area contributed by atoms with E-state index in [1.165, 1.54) is 60.7 Å². The molecule has 4 nitrogen and oxygen atoms in total. The molecule has 4 aromatic carbocycles. The summed E-state index contributed by atoms with van der Waals surface area (Å²) >= 11 is 0. The first-order chi connectivity index (χ1) is 15.3. The van der Waals surface area contributed by atoms with Crippen LogP contribution in [0.2, 0.25) is 0 Å². The monoisotopic (exact) mass is 450 g/mol. The van der Waals surface area contributed by atoms with Crippen LogP contribution in [-0.4, -0.2) is 14.2 Å². The third kappa shape index (κ3) is 4.58. The zero-order valence-corrected chi connectivity index (χ0v) is 17.4. The van der Waals surface area contributed by atoms with Gasteiger partial charge in [0, 0.05) is 11.1 Å². The second-order valence-electron chi connectivity index (χ2n) is 6.89. The SMILES string of the molecule is O=C(c1ccc(F)cc1)c1ccc(Oc2ccc(S(=O)(=O)c3ccc(F)cc3)cc2)cc1. The Morgan fingerprint density at radius 1 is 0.562 bits per heavy atom. The van der Waals surface area contributed by atoms with Crippen molar-refractivity contribution in [2.75, 3.05) is 0 Å². The van der Waals surface area contributed by atoms with Gasteiger partial charge in [0.1, 0.15) is 23.1 Å². The summed E-state index contributed by atoms with van der Waals surface area (Å²) in [7, 11) is -3.77. The maximum Gasteiger partial charge on any atom is 0.206 e. The zero-order valence-electron chi connectivity index (χ0n) is 16.5. The maximum absolute atomic E-state index is 13.1. The van der Waals surface area contributed by atoms with Crippen molar-refractivity contribution < 1.29 is 26.7 Å². The van der Waals surface area contributed by atoms with Crippen molar-refractivity contribution in [2.45, 2.75) is 9.79 Å². The molecule has 0 spiro atoms. The third-order valence-corrected chi connectivity index (χ3v) is 6.50. The highest BCUT2D eigenvalue weighted by Crippen LogP contribution is 2.26. The number of ketones is 1. The Morgan fingerprint density at radius 2 is 0.906 bits per heavy atom. The molecule has 0 saturated heterocycles. The molecular formula is C25H16F2O4S. The van der Waals surface area contributed by atoms with Crippen LogP contribution >= 0.6 is 0 Å². The number of ether oxygens (including phenoxy) is 1. The van der Waals surface area contributed by atoms with E-state index < -0.39 is 21.5 Å². The van der Waals surface area contributed by atoms with Crippen LogP contribution in [0.25, 0.3) is 0 Å². The van der Waals surface area contributed by atoms with Crippen molar-refractivity contribution in [1.29, 1.82) is 0 Å². The Kier molecular flexibility index (Phi) is 5.83. The minimum absolute atomic E-state index is 0.00558. The molecule has 7 heteroatoms. The molecule has 4 aromatic rings. The van der Waals surface area contributed by atoms with Crippen LogP contribution in [0.15, 0.2) is 107 Å². The average Bonchev–Trinajstić information content (AvgIpc) is 2.80. The molecule has 160 valence electrons. The standard InChI is InChI=1S/C25H16F2O4S/c26-19-5-1-17(2-6-19)25(28)18-3-9-21(10-4-18)31-22-11-15-24(16-12-22)32(29,30)23-13-7-20(27)8-14-23/h1-16H. The Labute approximate surface area is 183 Å². The topological polar surface area (TPSA) is 60.4 Å². The molecule has 0 radical (unpaired) electrons. The molecule has 0 aliphatic rings. The van der Waals surface area contributed by atoms with E-state index in [9.17, 15) is 22.0 Å². The summed E-state index contributed by atoms with van der Waals surface area (Å²) < 4.78 is 57.1. The van der Waals surface area contributed by atoms with Crippen molar-refractivity contribution >= 4 is 15.6 Å². The van der Waals surface area contributed by atoms with Gasteiger partial charge in [0.2, 0.25) is 9.84 Å². The van der Waals surface area contributed by atoms with Crippen LogP contribution in [0.3, 0.4) is 0 Å². The fourth-order valence-corrected chi connectivity index (χ4v) is 4.28. The predicted octanol–water partition coefficient (Wildman–Crippen LogP) is 5.82. The molecule has 4 rings (SSSR count). The fourth-order valence-electron chi connectivity index (χ4n) is 3.02. The lowest BCUT2D eigenvalue weighted by Crippen LogP contribution is -2.02. The van der Waals surface area contributed by atoms with E-state index in [0.717, 1.165) is 12.1 Å². The van der Waals surface area contributed by atoms with Crippen molar-refractivity contribution in [3.8, 4) is 11.5 Å². The molecule has 0 fully saturated rings. The van der Waals surface area contributed by atoms with E-state index in [1.54, 1.807) is 24.3 Å². The summed E-state index contributed by atoms with van der Waals surface area (Å²) in [5.74, 6) is -0.317. The van der Waals surface area contributed by atoms with Gasteiger partial charge in [0.05, 0.1) is 9.79 Å². The first-order valence-corrected chi connectivity index (χ1v) is 11.0. The molecular weight excluding hydrogens is 434 g/mol. The van der Waals surface area contributed by atoms with Gasteiger partial charge >= 0.3 is 0 Å². The van der Waals surface area contributed by atoms with Gasteiger partial charge < -0.3 is 4.74 Å². The minimum atomic E-state index is -3.77. The second-order valence-corrected chi connectivity index (χ2v) is 8.84. The summed E-state index contributed by atoms with van der Waals surface area (Å²) in [6, 6.07) is 22.1. The predicted molar refractivity (Wildman–Crippen MR) is 115 cm³/mol. The largest absolute Gasteiger partial charge is 0.457 e. The molecule has 0 aliphatic carbocycles. The van der Waals surface area contributed by atoms with Gasteiger partial charge in [-0.1, -0.05) is 0 Å². The number of hydrogen-bond acceptors (Lipinski definition) is 4. The highest BCUT2D eigenvalue weighted by atomic mass is 32.2.